The molecule has 0 radical (unpaired) electrons. The molecule has 0 heterocycles. The van der Waals surface area contributed by atoms with Crippen LogP contribution in [0, 0.1) is 5.41 Å². The van der Waals surface area contributed by atoms with Gasteiger partial charge in [-0.05, 0) is 26.2 Å². The molecule has 0 unspecified atom stereocenters. The number of rotatable bonds is 5. The number of alkyl halides is 1. The maximum atomic E-state index is 12.3. The van der Waals surface area contributed by atoms with Gasteiger partial charge in [-0.25, -0.2) is 0 Å². The topological polar surface area (TPSA) is 20.3 Å². The predicted molar refractivity (Wildman–Crippen MR) is 67.2 cm³/mol. The van der Waals surface area contributed by atoms with Crippen LogP contribution in [0.3, 0.4) is 0 Å². The quantitative estimate of drug-likeness (QED) is 0.706. The molecular formula is C12H22BrNO. The summed E-state index contributed by atoms with van der Waals surface area (Å²) in [6, 6.07) is 0. The normalized spacial score (nSPS) is 19.1. The second kappa shape index (κ2) is 5.88. The molecule has 1 amide bonds. The highest BCUT2D eigenvalue weighted by Crippen LogP contribution is 2.39. The van der Waals surface area contributed by atoms with E-state index in [1.807, 2.05) is 4.90 Å². The fourth-order valence-electron chi connectivity index (χ4n) is 2.40. The van der Waals surface area contributed by atoms with Crippen molar-refractivity contribution in [3.63, 3.8) is 0 Å². The summed E-state index contributed by atoms with van der Waals surface area (Å²) in [5.41, 5.74) is -0.0533. The third kappa shape index (κ3) is 3.20. The minimum absolute atomic E-state index is 0.0533. The predicted octanol–water partition coefficient (Wildman–Crippen LogP) is 3.20. The maximum absolute atomic E-state index is 12.3. The molecule has 0 aliphatic heterocycles. The van der Waals surface area contributed by atoms with Crippen molar-refractivity contribution in [3.8, 4) is 0 Å². The Bertz CT molecular complexity index is 212. The lowest BCUT2D eigenvalue weighted by molar-refractivity contribution is -0.140. The van der Waals surface area contributed by atoms with Gasteiger partial charge in [0.2, 0.25) is 5.91 Å². The Hall–Kier alpha value is -0.0500. The summed E-state index contributed by atoms with van der Waals surface area (Å²) in [6.07, 6.45) is 5.65. The van der Waals surface area contributed by atoms with Gasteiger partial charge in [0.25, 0.3) is 0 Å². The van der Waals surface area contributed by atoms with Crippen LogP contribution in [-0.2, 0) is 4.79 Å². The van der Waals surface area contributed by atoms with Crippen molar-refractivity contribution in [2.45, 2.75) is 46.0 Å². The number of carbonyl (C=O) groups excluding carboxylic acids is 1. The highest BCUT2D eigenvalue weighted by atomic mass is 79.9. The van der Waals surface area contributed by atoms with E-state index in [9.17, 15) is 4.79 Å². The van der Waals surface area contributed by atoms with Gasteiger partial charge in [-0.15, -0.1) is 0 Å². The molecule has 2 nitrogen and oxygen atoms in total. The van der Waals surface area contributed by atoms with Gasteiger partial charge in [-0.2, -0.15) is 0 Å². The third-order valence-corrected chi connectivity index (χ3v) is 4.01. The minimum Gasteiger partial charge on any atom is -0.342 e. The number of halogens is 1. The lowest BCUT2D eigenvalue weighted by Crippen LogP contribution is -2.41. The number of amides is 1. The summed E-state index contributed by atoms with van der Waals surface area (Å²) in [5, 5.41) is 0.980. The van der Waals surface area contributed by atoms with Crippen LogP contribution in [0.15, 0.2) is 0 Å². The van der Waals surface area contributed by atoms with Gasteiger partial charge >= 0.3 is 0 Å². The molecule has 1 rings (SSSR count). The molecule has 0 saturated heterocycles. The Kier molecular flexibility index (Phi) is 5.10. The lowest BCUT2D eigenvalue weighted by Gasteiger charge is -2.30. The van der Waals surface area contributed by atoms with Crippen LogP contribution < -0.4 is 0 Å². The molecular weight excluding hydrogens is 254 g/mol. The highest BCUT2D eigenvalue weighted by Gasteiger charge is 2.38. The lowest BCUT2D eigenvalue weighted by atomic mass is 9.87. The first-order chi connectivity index (χ1) is 7.14. The van der Waals surface area contributed by atoms with E-state index in [1.54, 1.807) is 0 Å². The van der Waals surface area contributed by atoms with E-state index in [0.717, 1.165) is 37.7 Å². The Morgan fingerprint density at radius 3 is 2.47 bits per heavy atom. The van der Waals surface area contributed by atoms with E-state index in [1.165, 1.54) is 12.8 Å². The first-order valence-corrected chi connectivity index (χ1v) is 7.11. The van der Waals surface area contributed by atoms with E-state index in [-0.39, 0.29) is 5.41 Å². The summed E-state index contributed by atoms with van der Waals surface area (Å²) in [6.45, 7) is 5.96. The molecule has 1 fully saturated rings. The summed E-state index contributed by atoms with van der Waals surface area (Å²) in [5.74, 6) is 0.378. The van der Waals surface area contributed by atoms with Gasteiger partial charge in [0.1, 0.15) is 0 Å². The van der Waals surface area contributed by atoms with Crippen molar-refractivity contribution >= 4 is 21.8 Å². The van der Waals surface area contributed by atoms with Gasteiger partial charge in [0.05, 0.1) is 0 Å². The first-order valence-electron chi connectivity index (χ1n) is 5.99. The van der Waals surface area contributed by atoms with Crippen molar-refractivity contribution in [1.82, 2.24) is 4.90 Å². The zero-order valence-electron chi connectivity index (χ0n) is 9.89. The van der Waals surface area contributed by atoms with Crippen LogP contribution in [0.1, 0.15) is 46.0 Å². The SMILES string of the molecule is CCN(CCCBr)C(=O)C1(C)CCCC1. The molecule has 0 aromatic carbocycles. The Morgan fingerprint density at radius 2 is 2.00 bits per heavy atom. The molecule has 3 heteroatoms. The number of hydrogen-bond acceptors (Lipinski definition) is 1. The molecule has 0 bridgehead atoms. The van der Waals surface area contributed by atoms with Crippen LogP contribution in [-0.4, -0.2) is 29.2 Å². The second-order valence-corrected chi connectivity index (χ2v) is 5.49. The minimum atomic E-state index is -0.0533. The maximum Gasteiger partial charge on any atom is 0.228 e. The van der Waals surface area contributed by atoms with Crippen LogP contribution in [0.5, 0.6) is 0 Å². The number of hydrogen-bond donors (Lipinski definition) is 0. The van der Waals surface area contributed by atoms with Gasteiger partial charge in [0.15, 0.2) is 0 Å². The molecule has 0 N–H and O–H groups in total. The van der Waals surface area contributed by atoms with Crippen LogP contribution >= 0.6 is 15.9 Å². The van der Waals surface area contributed by atoms with Crippen LogP contribution in [0.2, 0.25) is 0 Å². The number of carbonyl (C=O) groups is 1. The standard InChI is InChI=1S/C12H22BrNO/c1-3-14(10-6-9-13)11(15)12(2)7-4-5-8-12/h3-10H2,1-2H3. The van der Waals surface area contributed by atoms with Crippen molar-refractivity contribution < 1.29 is 4.79 Å². The van der Waals surface area contributed by atoms with Crippen LogP contribution in [0.4, 0.5) is 0 Å². The van der Waals surface area contributed by atoms with E-state index < -0.39 is 0 Å². The molecule has 1 aliphatic rings. The van der Waals surface area contributed by atoms with E-state index in [4.69, 9.17) is 0 Å². The van der Waals surface area contributed by atoms with E-state index >= 15 is 0 Å². The molecule has 1 saturated carbocycles. The Balaban J connectivity index is 2.55. The third-order valence-electron chi connectivity index (χ3n) is 3.45. The average molecular weight is 276 g/mol. The van der Waals surface area contributed by atoms with Gasteiger partial charge < -0.3 is 4.90 Å². The van der Waals surface area contributed by atoms with Gasteiger partial charge in [-0.3, -0.25) is 4.79 Å². The average Bonchev–Trinajstić information content (AvgIpc) is 2.67. The van der Waals surface area contributed by atoms with Gasteiger partial charge in [0, 0.05) is 23.8 Å². The second-order valence-electron chi connectivity index (χ2n) is 4.70. The summed E-state index contributed by atoms with van der Waals surface area (Å²) in [4.78, 5) is 14.3. The molecule has 1 aliphatic carbocycles. The van der Waals surface area contributed by atoms with Crippen molar-refractivity contribution in [2.75, 3.05) is 18.4 Å². The highest BCUT2D eigenvalue weighted by molar-refractivity contribution is 9.09. The number of nitrogens with zero attached hydrogens (tertiary/aromatic N) is 1. The van der Waals surface area contributed by atoms with E-state index in [2.05, 4.69) is 29.8 Å². The zero-order valence-corrected chi connectivity index (χ0v) is 11.5. The summed E-state index contributed by atoms with van der Waals surface area (Å²) >= 11 is 3.42. The summed E-state index contributed by atoms with van der Waals surface area (Å²) in [7, 11) is 0. The molecule has 0 aromatic heterocycles. The van der Waals surface area contributed by atoms with Crippen molar-refractivity contribution in [1.29, 1.82) is 0 Å². The first kappa shape index (κ1) is 13.0. The van der Waals surface area contributed by atoms with Crippen molar-refractivity contribution in [3.05, 3.63) is 0 Å². The van der Waals surface area contributed by atoms with Gasteiger partial charge in [-0.1, -0.05) is 35.7 Å². The monoisotopic (exact) mass is 275 g/mol. The smallest absolute Gasteiger partial charge is 0.228 e. The molecule has 15 heavy (non-hydrogen) atoms. The molecule has 0 aromatic rings. The largest absolute Gasteiger partial charge is 0.342 e. The fraction of sp³-hybridized carbons (Fsp3) is 0.917. The molecule has 88 valence electrons. The molecule has 0 atom stereocenters. The summed E-state index contributed by atoms with van der Waals surface area (Å²) < 4.78 is 0. The van der Waals surface area contributed by atoms with E-state index in [0.29, 0.717) is 5.91 Å². The van der Waals surface area contributed by atoms with Crippen molar-refractivity contribution in [2.24, 2.45) is 5.41 Å². The zero-order chi connectivity index (χ0) is 11.3. The Labute approximate surface area is 102 Å². The molecule has 0 spiro atoms. The Morgan fingerprint density at radius 1 is 1.40 bits per heavy atom. The fourth-order valence-corrected chi connectivity index (χ4v) is 2.66. The van der Waals surface area contributed by atoms with Crippen LogP contribution in [0.25, 0.3) is 0 Å².